The van der Waals surface area contributed by atoms with Gasteiger partial charge in [0.2, 0.25) is 5.88 Å². The number of carbonyl (C=O) groups excluding carboxylic acids is 1. The maximum absolute atomic E-state index is 11.0. The highest BCUT2D eigenvalue weighted by atomic mass is 16.5. The third kappa shape index (κ3) is 3.22. The van der Waals surface area contributed by atoms with Gasteiger partial charge in [0.1, 0.15) is 5.69 Å². The van der Waals surface area contributed by atoms with E-state index in [9.17, 15) is 4.79 Å². The molecule has 0 unspecified atom stereocenters. The fraction of sp³-hybridized carbons (Fsp3) is 0.500. The van der Waals surface area contributed by atoms with Crippen molar-refractivity contribution in [3.8, 4) is 5.88 Å². The zero-order valence-corrected chi connectivity index (χ0v) is 9.82. The van der Waals surface area contributed by atoms with E-state index in [-0.39, 0.29) is 5.69 Å². The van der Waals surface area contributed by atoms with E-state index < -0.39 is 5.91 Å². The van der Waals surface area contributed by atoms with Gasteiger partial charge in [-0.3, -0.25) is 4.79 Å². The summed E-state index contributed by atoms with van der Waals surface area (Å²) in [6.45, 7) is 4.74. The summed E-state index contributed by atoms with van der Waals surface area (Å²) >= 11 is 0. The zero-order chi connectivity index (χ0) is 12.0. The lowest BCUT2D eigenvalue weighted by Crippen LogP contribution is -2.14. The van der Waals surface area contributed by atoms with Gasteiger partial charge in [0.05, 0.1) is 6.61 Å². The van der Waals surface area contributed by atoms with Gasteiger partial charge in [0.25, 0.3) is 5.91 Å². The first-order valence-electron chi connectivity index (χ1n) is 5.61. The molecule has 0 aromatic carbocycles. The van der Waals surface area contributed by atoms with Crippen LogP contribution >= 0.6 is 0 Å². The van der Waals surface area contributed by atoms with Crippen LogP contribution in [0.2, 0.25) is 0 Å². The number of aryl methyl sites for hydroxylation is 1. The first-order chi connectivity index (χ1) is 7.69. The van der Waals surface area contributed by atoms with Gasteiger partial charge >= 0.3 is 0 Å². The van der Waals surface area contributed by atoms with Crippen LogP contribution in [0.25, 0.3) is 0 Å². The molecule has 1 rings (SSSR count). The Kier molecular flexibility index (Phi) is 4.76. The summed E-state index contributed by atoms with van der Waals surface area (Å²) in [7, 11) is 0. The zero-order valence-electron chi connectivity index (χ0n) is 9.82. The number of nitrogens with two attached hydrogens (primary N) is 1. The molecule has 0 aliphatic heterocycles. The van der Waals surface area contributed by atoms with Crippen molar-refractivity contribution < 1.29 is 9.53 Å². The van der Waals surface area contributed by atoms with Gasteiger partial charge in [0, 0.05) is 5.56 Å². The summed E-state index contributed by atoms with van der Waals surface area (Å²) < 4.78 is 5.54. The van der Waals surface area contributed by atoms with Crippen LogP contribution in [0, 0.1) is 0 Å². The Labute approximate surface area is 95.8 Å². The van der Waals surface area contributed by atoms with E-state index in [1.54, 1.807) is 6.07 Å². The van der Waals surface area contributed by atoms with E-state index in [1.807, 2.05) is 13.0 Å². The number of ether oxygens (including phenoxy) is 1. The topological polar surface area (TPSA) is 65.2 Å². The van der Waals surface area contributed by atoms with Crippen LogP contribution in [0.4, 0.5) is 0 Å². The molecule has 0 fully saturated rings. The number of hydrogen-bond donors (Lipinski definition) is 1. The molecule has 1 aromatic heterocycles. The van der Waals surface area contributed by atoms with Crippen molar-refractivity contribution in [1.82, 2.24) is 4.98 Å². The predicted molar refractivity (Wildman–Crippen MR) is 62.5 cm³/mol. The molecule has 4 nitrogen and oxygen atoms in total. The van der Waals surface area contributed by atoms with E-state index in [2.05, 4.69) is 11.9 Å². The fourth-order valence-electron chi connectivity index (χ4n) is 1.31. The van der Waals surface area contributed by atoms with E-state index in [0.29, 0.717) is 12.5 Å². The first kappa shape index (κ1) is 12.5. The molecule has 2 N–H and O–H groups in total. The molecule has 0 aliphatic carbocycles. The van der Waals surface area contributed by atoms with E-state index in [1.165, 1.54) is 0 Å². The first-order valence-corrected chi connectivity index (χ1v) is 5.61. The number of amides is 1. The van der Waals surface area contributed by atoms with Crippen LogP contribution in [0.5, 0.6) is 5.88 Å². The molecule has 0 saturated carbocycles. The van der Waals surface area contributed by atoms with Crippen molar-refractivity contribution >= 4 is 5.91 Å². The number of pyridine rings is 1. The standard InChI is InChI=1S/C12H18N2O2/c1-3-5-8-16-12-9(4-2)6-7-10(14-12)11(13)15/h6-7H,3-5,8H2,1-2H3,(H2,13,15). The van der Waals surface area contributed by atoms with Gasteiger partial charge in [-0.1, -0.05) is 26.3 Å². The Hall–Kier alpha value is -1.58. The molecule has 88 valence electrons. The van der Waals surface area contributed by atoms with Crippen molar-refractivity contribution in [3.63, 3.8) is 0 Å². The van der Waals surface area contributed by atoms with Gasteiger partial charge < -0.3 is 10.5 Å². The van der Waals surface area contributed by atoms with Crippen molar-refractivity contribution in [2.75, 3.05) is 6.61 Å². The summed E-state index contributed by atoms with van der Waals surface area (Å²) in [5.41, 5.74) is 6.43. The molecular formula is C12H18N2O2. The number of rotatable bonds is 6. The van der Waals surface area contributed by atoms with Crippen LogP contribution in [-0.4, -0.2) is 17.5 Å². The Morgan fingerprint density at radius 2 is 2.19 bits per heavy atom. The van der Waals surface area contributed by atoms with Crippen LogP contribution in [-0.2, 0) is 6.42 Å². The Morgan fingerprint density at radius 1 is 1.44 bits per heavy atom. The lowest BCUT2D eigenvalue weighted by Gasteiger charge is -2.09. The second-order valence-corrected chi connectivity index (χ2v) is 3.58. The van der Waals surface area contributed by atoms with Crippen LogP contribution < -0.4 is 10.5 Å². The van der Waals surface area contributed by atoms with Crippen molar-refractivity contribution in [3.05, 3.63) is 23.4 Å². The average Bonchev–Trinajstić information content (AvgIpc) is 2.29. The number of unbranched alkanes of at least 4 members (excludes halogenated alkanes) is 1. The molecule has 0 bridgehead atoms. The molecule has 0 aliphatic rings. The summed E-state index contributed by atoms with van der Waals surface area (Å²) in [6.07, 6.45) is 2.87. The summed E-state index contributed by atoms with van der Waals surface area (Å²) in [4.78, 5) is 15.1. The molecule has 4 heteroatoms. The van der Waals surface area contributed by atoms with Gasteiger partial charge in [0.15, 0.2) is 0 Å². The van der Waals surface area contributed by atoms with Gasteiger partial charge in [-0.15, -0.1) is 0 Å². The van der Waals surface area contributed by atoms with E-state index >= 15 is 0 Å². The third-order valence-corrected chi connectivity index (χ3v) is 2.31. The summed E-state index contributed by atoms with van der Waals surface area (Å²) in [6, 6.07) is 3.47. The van der Waals surface area contributed by atoms with Gasteiger partial charge in [-0.25, -0.2) is 4.98 Å². The highest BCUT2D eigenvalue weighted by Crippen LogP contribution is 2.17. The third-order valence-electron chi connectivity index (χ3n) is 2.31. The fourth-order valence-corrected chi connectivity index (χ4v) is 1.31. The number of carbonyl (C=O) groups is 1. The average molecular weight is 222 g/mol. The molecule has 0 atom stereocenters. The minimum atomic E-state index is -0.525. The Balaban J connectivity index is 2.84. The quantitative estimate of drug-likeness (QED) is 0.748. The van der Waals surface area contributed by atoms with Crippen molar-refractivity contribution in [2.24, 2.45) is 5.73 Å². The molecule has 0 spiro atoms. The molecule has 16 heavy (non-hydrogen) atoms. The molecule has 0 saturated heterocycles. The number of primary amides is 1. The normalized spacial score (nSPS) is 10.1. The number of aromatic nitrogens is 1. The van der Waals surface area contributed by atoms with Gasteiger partial charge in [-0.05, 0) is 18.9 Å². The Morgan fingerprint density at radius 3 is 2.75 bits per heavy atom. The van der Waals surface area contributed by atoms with E-state index in [4.69, 9.17) is 10.5 Å². The molecule has 1 heterocycles. The monoisotopic (exact) mass is 222 g/mol. The van der Waals surface area contributed by atoms with Crippen LogP contribution in [0.1, 0.15) is 42.7 Å². The molecule has 1 aromatic rings. The summed E-state index contributed by atoms with van der Waals surface area (Å²) in [5.74, 6) is 0.00949. The maximum Gasteiger partial charge on any atom is 0.267 e. The largest absolute Gasteiger partial charge is 0.477 e. The van der Waals surface area contributed by atoms with Crippen molar-refractivity contribution in [2.45, 2.75) is 33.1 Å². The van der Waals surface area contributed by atoms with Gasteiger partial charge in [-0.2, -0.15) is 0 Å². The highest BCUT2D eigenvalue weighted by Gasteiger charge is 2.08. The lowest BCUT2D eigenvalue weighted by molar-refractivity contribution is 0.0994. The number of hydrogen-bond acceptors (Lipinski definition) is 3. The SMILES string of the molecule is CCCCOc1nc(C(N)=O)ccc1CC. The maximum atomic E-state index is 11.0. The van der Waals surface area contributed by atoms with Crippen LogP contribution in [0.3, 0.4) is 0 Å². The molecular weight excluding hydrogens is 204 g/mol. The second kappa shape index (κ2) is 6.10. The smallest absolute Gasteiger partial charge is 0.267 e. The Bertz CT molecular complexity index is 364. The molecule has 0 radical (unpaired) electrons. The summed E-state index contributed by atoms with van der Waals surface area (Å²) in [5, 5.41) is 0. The van der Waals surface area contributed by atoms with Crippen molar-refractivity contribution in [1.29, 1.82) is 0 Å². The van der Waals surface area contributed by atoms with Crippen LogP contribution in [0.15, 0.2) is 12.1 Å². The lowest BCUT2D eigenvalue weighted by atomic mass is 10.2. The molecule has 1 amide bonds. The second-order valence-electron chi connectivity index (χ2n) is 3.58. The minimum absolute atomic E-state index is 0.253. The minimum Gasteiger partial charge on any atom is -0.477 e. The predicted octanol–water partition coefficient (Wildman–Crippen LogP) is 1.92. The van der Waals surface area contributed by atoms with E-state index in [0.717, 1.165) is 24.8 Å². The number of nitrogens with zero attached hydrogens (tertiary/aromatic N) is 1. The highest BCUT2D eigenvalue weighted by molar-refractivity contribution is 5.90.